The highest BCUT2D eigenvalue weighted by molar-refractivity contribution is 5.52. The second-order valence-electron chi connectivity index (χ2n) is 3.41. The summed E-state index contributed by atoms with van der Waals surface area (Å²) >= 11 is 0. The molecule has 0 N–H and O–H groups in total. The van der Waals surface area contributed by atoms with Gasteiger partial charge in [0.1, 0.15) is 11.6 Å². The predicted octanol–water partition coefficient (Wildman–Crippen LogP) is 2.54. The largest absolute Gasteiger partial charge is 0.301 e. The molecule has 0 fully saturated rings. The number of nitrogens with zero attached hydrogens (tertiary/aromatic N) is 3. The molecule has 17 heavy (non-hydrogen) atoms. The van der Waals surface area contributed by atoms with Crippen molar-refractivity contribution in [1.82, 2.24) is 9.55 Å². The summed E-state index contributed by atoms with van der Waals surface area (Å²) in [5.41, 5.74) is 0.642. The van der Waals surface area contributed by atoms with Crippen LogP contribution in [0.3, 0.4) is 0 Å². The molecule has 86 valence electrons. The standard InChI is InChI=1S/C12H10FN3O/c1-2-12-14-5-6-16(12)11-4-3-9(15-8-17)7-10(11)13/h3-7H,2H2,1H3. The maximum atomic E-state index is 13.8. The molecule has 0 saturated heterocycles. The van der Waals surface area contributed by atoms with Crippen LogP contribution in [0.25, 0.3) is 5.69 Å². The first-order valence-electron chi connectivity index (χ1n) is 5.16. The lowest BCUT2D eigenvalue weighted by atomic mass is 10.2. The minimum absolute atomic E-state index is 0.249. The topological polar surface area (TPSA) is 47.2 Å². The second kappa shape index (κ2) is 4.72. The lowest BCUT2D eigenvalue weighted by Gasteiger charge is -2.07. The minimum Gasteiger partial charge on any atom is -0.301 e. The molecule has 0 aliphatic rings. The van der Waals surface area contributed by atoms with Gasteiger partial charge < -0.3 is 4.57 Å². The maximum absolute atomic E-state index is 13.8. The van der Waals surface area contributed by atoms with Crippen molar-refractivity contribution in [1.29, 1.82) is 0 Å². The number of aryl methyl sites for hydroxylation is 1. The van der Waals surface area contributed by atoms with E-state index in [1.165, 1.54) is 12.1 Å². The molecule has 2 rings (SSSR count). The van der Waals surface area contributed by atoms with Crippen LogP contribution in [0.15, 0.2) is 35.6 Å². The average molecular weight is 231 g/mol. The van der Waals surface area contributed by atoms with E-state index >= 15 is 0 Å². The Balaban J connectivity index is 2.50. The highest BCUT2D eigenvalue weighted by Crippen LogP contribution is 2.21. The summed E-state index contributed by atoms with van der Waals surface area (Å²) in [4.78, 5) is 17.6. The van der Waals surface area contributed by atoms with Crippen molar-refractivity contribution in [2.24, 2.45) is 4.99 Å². The smallest absolute Gasteiger partial charge is 0.240 e. The molecule has 0 spiro atoms. The highest BCUT2D eigenvalue weighted by Gasteiger charge is 2.08. The number of isocyanates is 1. The van der Waals surface area contributed by atoms with Gasteiger partial charge in [0.2, 0.25) is 6.08 Å². The van der Waals surface area contributed by atoms with Crippen LogP contribution in [0.2, 0.25) is 0 Å². The van der Waals surface area contributed by atoms with Crippen LogP contribution in [-0.4, -0.2) is 15.6 Å². The third-order valence-corrected chi connectivity index (χ3v) is 2.40. The summed E-state index contributed by atoms with van der Waals surface area (Å²) < 4.78 is 15.5. The molecule has 1 aromatic carbocycles. The van der Waals surface area contributed by atoms with Gasteiger partial charge in [-0.25, -0.2) is 14.2 Å². The molecule has 0 radical (unpaired) electrons. The van der Waals surface area contributed by atoms with Crippen molar-refractivity contribution in [3.8, 4) is 5.69 Å². The fourth-order valence-corrected chi connectivity index (χ4v) is 1.63. The van der Waals surface area contributed by atoms with Crippen molar-refractivity contribution in [2.45, 2.75) is 13.3 Å². The molecule has 0 unspecified atom stereocenters. The molecular weight excluding hydrogens is 221 g/mol. The number of hydrogen-bond acceptors (Lipinski definition) is 3. The predicted molar refractivity (Wildman–Crippen MR) is 60.7 cm³/mol. The SMILES string of the molecule is CCc1nccn1-c1ccc(N=C=O)cc1F. The molecule has 0 saturated carbocycles. The first-order valence-corrected chi connectivity index (χ1v) is 5.16. The van der Waals surface area contributed by atoms with Gasteiger partial charge in [0, 0.05) is 24.9 Å². The van der Waals surface area contributed by atoms with Crippen molar-refractivity contribution < 1.29 is 9.18 Å². The Hall–Kier alpha value is -2.26. The van der Waals surface area contributed by atoms with Crippen molar-refractivity contribution in [2.75, 3.05) is 0 Å². The second-order valence-corrected chi connectivity index (χ2v) is 3.41. The maximum Gasteiger partial charge on any atom is 0.240 e. The number of aromatic nitrogens is 2. The van der Waals surface area contributed by atoms with E-state index in [1.807, 2.05) is 6.92 Å². The number of rotatable bonds is 3. The molecule has 1 heterocycles. The Morgan fingerprint density at radius 2 is 2.35 bits per heavy atom. The van der Waals surface area contributed by atoms with Crippen LogP contribution in [0.5, 0.6) is 0 Å². The van der Waals surface area contributed by atoms with Crippen LogP contribution in [0.1, 0.15) is 12.7 Å². The van der Waals surface area contributed by atoms with Crippen LogP contribution in [-0.2, 0) is 11.2 Å². The molecule has 0 amide bonds. The van der Waals surface area contributed by atoms with Crippen LogP contribution < -0.4 is 0 Å². The molecule has 4 nitrogen and oxygen atoms in total. The molecule has 0 bridgehead atoms. The monoisotopic (exact) mass is 231 g/mol. The van der Waals surface area contributed by atoms with E-state index in [-0.39, 0.29) is 5.69 Å². The van der Waals surface area contributed by atoms with Crippen molar-refractivity contribution >= 4 is 11.8 Å². The lowest BCUT2D eigenvalue weighted by Crippen LogP contribution is -2.01. The molecule has 0 aliphatic heterocycles. The molecule has 2 aromatic rings. The first kappa shape index (κ1) is 11.2. The molecule has 5 heteroatoms. The lowest BCUT2D eigenvalue weighted by molar-refractivity contribution is 0.565. The third kappa shape index (κ3) is 2.14. The number of imidazole rings is 1. The van der Waals surface area contributed by atoms with Gasteiger partial charge in [-0.3, -0.25) is 0 Å². The highest BCUT2D eigenvalue weighted by atomic mass is 19.1. The molecule has 1 aromatic heterocycles. The summed E-state index contributed by atoms with van der Waals surface area (Å²) in [6.07, 6.45) is 5.40. The van der Waals surface area contributed by atoms with E-state index in [4.69, 9.17) is 0 Å². The Bertz CT molecular complexity index is 585. The zero-order chi connectivity index (χ0) is 12.3. The average Bonchev–Trinajstić information content (AvgIpc) is 2.77. The number of aliphatic imine (C=N–C) groups is 1. The Morgan fingerprint density at radius 1 is 1.53 bits per heavy atom. The molecular formula is C12H10FN3O. The van der Waals surface area contributed by atoms with E-state index in [1.54, 1.807) is 29.1 Å². The minimum atomic E-state index is -0.450. The van der Waals surface area contributed by atoms with Gasteiger partial charge in [-0.2, -0.15) is 4.99 Å². The Kier molecular flexibility index (Phi) is 3.12. The van der Waals surface area contributed by atoms with E-state index in [2.05, 4.69) is 9.98 Å². The van der Waals surface area contributed by atoms with Gasteiger partial charge in [0.25, 0.3) is 0 Å². The quantitative estimate of drug-likeness (QED) is 0.602. The van der Waals surface area contributed by atoms with E-state index in [9.17, 15) is 9.18 Å². The summed E-state index contributed by atoms with van der Waals surface area (Å²) in [6, 6.07) is 4.31. The third-order valence-electron chi connectivity index (χ3n) is 2.40. The summed E-state index contributed by atoms with van der Waals surface area (Å²) in [5, 5.41) is 0. The van der Waals surface area contributed by atoms with Crippen LogP contribution in [0, 0.1) is 5.82 Å². The molecule has 0 atom stereocenters. The normalized spacial score (nSPS) is 10.0. The van der Waals surface area contributed by atoms with Gasteiger partial charge in [-0.15, -0.1) is 0 Å². The van der Waals surface area contributed by atoms with E-state index < -0.39 is 5.82 Å². The summed E-state index contributed by atoms with van der Waals surface area (Å²) in [7, 11) is 0. The Morgan fingerprint density at radius 3 is 3.00 bits per heavy atom. The van der Waals surface area contributed by atoms with E-state index in [0.29, 0.717) is 12.1 Å². The first-order chi connectivity index (χ1) is 8.26. The van der Waals surface area contributed by atoms with Gasteiger partial charge in [-0.1, -0.05) is 6.92 Å². The number of hydrogen-bond donors (Lipinski definition) is 0. The zero-order valence-corrected chi connectivity index (χ0v) is 9.22. The van der Waals surface area contributed by atoms with Crippen molar-refractivity contribution in [3.05, 3.63) is 42.2 Å². The van der Waals surface area contributed by atoms with Gasteiger partial charge >= 0.3 is 0 Å². The zero-order valence-electron chi connectivity index (χ0n) is 9.22. The fraction of sp³-hybridized carbons (Fsp3) is 0.167. The van der Waals surface area contributed by atoms with Gasteiger partial charge in [-0.05, 0) is 12.1 Å². The van der Waals surface area contributed by atoms with Crippen LogP contribution in [0.4, 0.5) is 10.1 Å². The summed E-state index contributed by atoms with van der Waals surface area (Å²) in [6.45, 7) is 1.95. The number of carbonyl (C=O) groups excluding carboxylic acids is 1. The fourth-order valence-electron chi connectivity index (χ4n) is 1.63. The van der Waals surface area contributed by atoms with Gasteiger partial charge in [0.15, 0.2) is 0 Å². The summed E-state index contributed by atoms with van der Waals surface area (Å²) in [5.74, 6) is 0.324. The number of halogens is 1. The Labute approximate surface area is 97.4 Å². The van der Waals surface area contributed by atoms with E-state index in [0.717, 1.165) is 5.82 Å². The van der Waals surface area contributed by atoms with Crippen molar-refractivity contribution in [3.63, 3.8) is 0 Å². The molecule has 0 aliphatic carbocycles. The van der Waals surface area contributed by atoms with Gasteiger partial charge in [0.05, 0.1) is 11.4 Å². The number of benzene rings is 1. The van der Waals surface area contributed by atoms with Crippen LogP contribution >= 0.6 is 0 Å².